The number of aromatic nitrogens is 6. The first-order valence-corrected chi connectivity index (χ1v) is 9.95. The molecule has 4 aromatic heterocycles. The van der Waals surface area contributed by atoms with Gasteiger partial charge in [-0.05, 0) is 43.3 Å². The molecule has 1 aliphatic carbocycles. The molecule has 0 aromatic carbocycles. The number of halogens is 1. The van der Waals surface area contributed by atoms with Crippen molar-refractivity contribution in [2.45, 2.75) is 19.9 Å². The Balaban J connectivity index is 1.50. The lowest BCUT2D eigenvalue weighted by molar-refractivity contribution is 0.617. The SMILES string of the molecule is Cc1cccc(-c2[nH]c(CNC3=CCC(F)=CC=C3)nc2-c2ccc3ncnn3c2)n1. The molecule has 0 spiro atoms. The summed E-state index contributed by atoms with van der Waals surface area (Å²) in [6, 6.07) is 9.78. The Hall–Kier alpha value is -4.07. The number of aryl methyl sites for hydroxylation is 1. The highest BCUT2D eigenvalue weighted by Gasteiger charge is 2.16. The van der Waals surface area contributed by atoms with Gasteiger partial charge in [0.15, 0.2) is 5.65 Å². The third-order valence-electron chi connectivity index (χ3n) is 4.97. The molecular weight excluding hydrogens is 393 g/mol. The molecule has 4 aromatic rings. The van der Waals surface area contributed by atoms with E-state index in [0.717, 1.165) is 45.5 Å². The third kappa shape index (κ3) is 4.00. The van der Waals surface area contributed by atoms with Crippen molar-refractivity contribution >= 4 is 5.65 Å². The molecule has 4 heterocycles. The van der Waals surface area contributed by atoms with Crippen LogP contribution in [-0.2, 0) is 6.54 Å². The summed E-state index contributed by atoms with van der Waals surface area (Å²) in [5.41, 5.74) is 5.87. The molecule has 0 bridgehead atoms. The van der Waals surface area contributed by atoms with Crippen LogP contribution in [0.1, 0.15) is 17.9 Å². The van der Waals surface area contributed by atoms with E-state index in [9.17, 15) is 4.39 Å². The normalized spacial score (nSPS) is 13.7. The van der Waals surface area contributed by atoms with Crippen LogP contribution in [0.25, 0.3) is 28.3 Å². The summed E-state index contributed by atoms with van der Waals surface area (Å²) in [5, 5.41) is 7.54. The minimum atomic E-state index is -0.162. The molecule has 1 aliphatic rings. The number of H-pyrrole nitrogens is 1. The molecule has 8 heteroatoms. The zero-order valence-corrected chi connectivity index (χ0v) is 16.9. The molecule has 154 valence electrons. The Bertz CT molecular complexity index is 1340. The number of imidazole rings is 1. The van der Waals surface area contributed by atoms with Crippen molar-refractivity contribution in [1.82, 2.24) is 34.9 Å². The fraction of sp³-hybridized carbons (Fsp3) is 0.130. The van der Waals surface area contributed by atoms with Gasteiger partial charge >= 0.3 is 0 Å². The van der Waals surface area contributed by atoms with Gasteiger partial charge in [0.2, 0.25) is 0 Å². The maximum atomic E-state index is 13.4. The van der Waals surface area contributed by atoms with E-state index in [1.165, 1.54) is 12.4 Å². The highest BCUT2D eigenvalue weighted by Crippen LogP contribution is 2.29. The van der Waals surface area contributed by atoms with Crippen LogP contribution in [0.5, 0.6) is 0 Å². The van der Waals surface area contributed by atoms with Gasteiger partial charge in [0.1, 0.15) is 18.0 Å². The van der Waals surface area contributed by atoms with Crippen molar-refractivity contribution in [2.75, 3.05) is 0 Å². The number of rotatable bonds is 5. The number of nitrogens with zero attached hydrogens (tertiary/aromatic N) is 5. The summed E-state index contributed by atoms with van der Waals surface area (Å²) in [7, 11) is 0. The predicted octanol–water partition coefficient (Wildman–Crippen LogP) is 4.28. The molecule has 0 unspecified atom stereocenters. The number of fused-ring (bicyclic) bond motifs is 1. The van der Waals surface area contributed by atoms with Gasteiger partial charge in [-0.2, -0.15) is 5.10 Å². The molecule has 0 aliphatic heterocycles. The number of aromatic amines is 1. The van der Waals surface area contributed by atoms with Crippen molar-refractivity contribution in [3.05, 3.63) is 90.2 Å². The minimum Gasteiger partial charge on any atom is -0.378 e. The van der Waals surface area contributed by atoms with Gasteiger partial charge in [0.05, 0.1) is 23.6 Å². The number of hydrogen-bond donors (Lipinski definition) is 2. The molecular formula is C23H20FN7. The zero-order valence-electron chi connectivity index (χ0n) is 16.9. The molecule has 0 atom stereocenters. The number of pyridine rings is 2. The van der Waals surface area contributed by atoms with Crippen molar-refractivity contribution in [3.63, 3.8) is 0 Å². The first-order chi connectivity index (χ1) is 15.2. The zero-order chi connectivity index (χ0) is 21.2. The van der Waals surface area contributed by atoms with Crippen LogP contribution in [0.2, 0.25) is 0 Å². The second-order valence-corrected chi connectivity index (χ2v) is 7.24. The summed E-state index contributed by atoms with van der Waals surface area (Å²) in [6.45, 7) is 2.42. The van der Waals surface area contributed by atoms with Crippen molar-refractivity contribution in [3.8, 4) is 22.6 Å². The lowest BCUT2D eigenvalue weighted by Gasteiger charge is -2.04. The number of allylic oxidation sites excluding steroid dienone is 5. The third-order valence-corrected chi connectivity index (χ3v) is 4.97. The Morgan fingerprint density at radius 1 is 1.19 bits per heavy atom. The second kappa shape index (κ2) is 7.98. The van der Waals surface area contributed by atoms with Crippen molar-refractivity contribution < 1.29 is 4.39 Å². The van der Waals surface area contributed by atoms with Crippen LogP contribution in [0.15, 0.2) is 78.7 Å². The molecule has 0 amide bonds. The first kappa shape index (κ1) is 18.9. The average molecular weight is 413 g/mol. The van der Waals surface area contributed by atoms with Gasteiger partial charge in [0, 0.05) is 29.6 Å². The summed E-state index contributed by atoms with van der Waals surface area (Å²) < 4.78 is 15.2. The lowest BCUT2D eigenvalue weighted by atomic mass is 10.1. The number of nitrogens with one attached hydrogen (secondary N) is 2. The number of hydrogen-bond acceptors (Lipinski definition) is 5. The van der Waals surface area contributed by atoms with E-state index in [1.54, 1.807) is 10.6 Å². The Labute approximate surface area is 178 Å². The highest BCUT2D eigenvalue weighted by atomic mass is 19.1. The van der Waals surface area contributed by atoms with E-state index >= 15 is 0 Å². The standard InChI is InChI=1S/C23H20FN7/c1-15-4-2-7-19(28-15)23-22(16-8-11-21-26-14-27-31(21)13-16)29-20(30-23)12-25-18-6-3-5-17(24)9-10-18/h2-8,10-11,13-14,25H,9,12H2,1H3,(H,29,30). The fourth-order valence-corrected chi connectivity index (χ4v) is 3.46. The molecule has 5 rings (SSSR count). The Morgan fingerprint density at radius 3 is 3.03 bits per heavy atom. The van der Waals surface area contributed by atoms with E-state index in [-0.39, 0.29) is 12.2 Å². The van der Waals surface area contributed by atoms with Gasteiger partial charge in [-0.3, -0.25) is 4.98 Å². The molecule has 31 heavy (non-hydrogen) atoms. The van der Waals surface area contributed by atoms with E-state index in [1.807, 2.05) is 55.6 Å². The minimum absolute atomic E-state index is 0.162. The van der Waals surface area contributed by atoms with Gasteiger partial charge in [-0.25, -0.2) is 18.9 Å². The predicted molar refractivity (Wildman–Crippen MR) is 116 cm³/mol. The topological polar surface area (TPSA) is 83.8 Å². The van der Waals surface area contributed by atoms with E-state index in [4.69, 9.17) is 4.98 Å². The highest BCUT2D eigenvalue weighted by molar-refractivity contribution is 5.77. The Morgan fingerprint density at radius 2 is 2.13 bits per heavy atom. The Kier molecular flexibility index (Phi) is 4.87. The summed E-state index contributed by atoms with van der Waals surface area (Å²) in [4.78, 5) is 17.1. The average Bonchev–Trinajstić information content (AvgIpc) is 3.36. The second-order valence-electron chi connectivity index (χ2n) is 7.24. The van der Waals surface area contributed by atoms with Crippen LogP contribution >= 0.6 is 0 Å². The molecule has 0 fully saturated rings. The molecule has 7 nitrogen and oxygen atoms in total. The van der Waals surface area contributed by atoms with Gasteiger partial charge in [-0.15, -0.1) is 0 Å². The maximum Gasteiger partial charge on any atom is 0.155 e. The van der Waals surface area contributed by atoms with Crippen LogP contribution in [-0.4, -0.2) is 29.5 Å². The largest absolute Gasteiger partial charge is 0.378 e. The van der Waals surface area contributed by atoms with Crippen molar-refractivity contribution in [1.29, 1.82) is 0 Å². The molecule has 0 saturated heterocycles. The quantitative estimate of drug-likeness (QED) is 0.510. The lowest BCUT2D eigenvalue weighted by Crippen LogP contribution is -2.12. The fourth-order valence-electron chi connectivity index (χ4n) is 3.46. The maximum absolute atomic E-state index is 13.4. The van der Waals surface area contributed by atoms with Crippen molar-refractivity contribution in [2.24, 2.45) is 0 Å². The van der Waals surface area contributed by atoms with Crippen LogP contribution < -0.4 is 5.32 Å². The smallest absolute Gasteiger partial charge is 0.155 e. The van der Waals surface area contributed by atoms with Gasteiger partial charge < -0.3 is 10.3 Å². The summed E-state index contributed by atoms with van der Waals surface area (Å²) in [6.07, 6.45) is 10.5. The first-order valence-electron chi connectivity index (χ1n) is 9.95. The monoisotopic (exact) mass is 413 g/mol. The molecule has 0 radical (unpaired) electrons. The van der Waals surface area contributed by atoms with Crippen LogP contribution in [0.3, 0.4) is 0 Å². The summed E-state index contributed by atoms with van der Waals surface area (Å²) >= 11 is 0. The van der Waals surface area contributed by atoms with Crippen LogP contribution in [0, 0.1) is 6.92 Å². The van der Waals surface area contributed by atoms with Crippen LogP contribution in [0.4, 0.5) is 4.39 Å². The van der Waals surface area contributed by atoms with E-state index in [2.05, 4.69) is 25.4 Å². The van der Waals surface area contributed by atoms with E-state index < -0.39 is 0 Å². The van der Waals surface area contributed by atoms with Gasteiger partial charge in [-0.1, -0.05) is 18.2 Å². The molecule has 0 saturated carbocycles. The molecule has 2 N–H and O–H groups in total. The van der Waals surface area contributed by atoms with Gasteiger partial charge in [0.25, 0.3) is 0 Å². The van der Waals surface area contributed by atoms with E-state index in [0.29, 0.717) is 6.54 Å². The summed E-state index contributed by atoms with van der Waals surface area (Å²) in [5.74, 6) is 0.587.